The van der Waals surface area contributed by atoms with Crippen LogP contribution in [-0.2, 0) is 19.1 Å². The Morgan fingerprint density at radius 2 is 1.76 bits per heavy atom. The molecule has 3 fully saturated rings. The number of rotatable bonds is 6. The van der Waals surface area contributed by atoms with E-state index in [1.165, 1.54) is 16.2 Å². The van der Waals surface area contributed by atoms with Gasteiger partial charge in [-0.2, -0.15) is 0 Å². The van der Waals surface area contributed by atoms with E-state index < -0.39 is 47.6 Å². The molecule has 0 bridgehead atoms. The highest BCUT2D eigenvalue weighted by molar-refractivity contribution is 7.13. The minimum Gasteiger partial charge on any atom is -0.479 e. The second-order valence-electron chi connectivity index (χ2n) is 13.5. The first kappa shape index (κ1) is 33.0. The topological polar surface area (TPSA) is 160 Å². The molecule has 4 aliphatic rings. The van der Waals surface area contributed by atoms with E-state index >= 15 is 0 Å². The number of allylic oxidation sites excluding steroid dienone is 1. The zero-order valence-corrected chi connectivity index (χ0v) is 28.0. The fourth-order valence-corrected chi connectivity index (χ4v) is 7.98. The molecule has 0 radical (unpaired) electrons. The Kier molecular flexibility index (Phi) is 9.53. The molecule has 1 aromatic carbocycles. The summed E-state index contributed by atoms with van der Waals surface area (Å²) in [4.78, 5) is 65.8. The Morgan fingerprint density at radius 1 is 0.980 bits per heavy atom. The van der Waals surface area contributed by atoms with Crippen molar-refractivity contribution in [2.75, 3.05) is 6.54 Å². The molecule has 7 rings (SSSR count). The van der Waals surface area contributed by atoms with Gasteiger partial charge in [0, 0.05) is 12.3 Å². The number of carboxylic acid groups (broad SMARTS) is 1. The minimum atomic E-state index is -1.43. The third kappa shape index (κ3) is 7.12. The van der Waals surface area contributed by atoms with Crippen molar-refractivity contribution in [3.63, 3.8) is 0 Å². The second kappa shape index (κ2) is 14.1. The van der Waals surface area contributed by atoms with Crippen LogP contribution in [0.5, 0.6) is 5.88 Å². The number of alkyl carbamates (subject to hydrolysis) is 1. The highest BCUT2D eigenvalue weighted by Crippen LogP contribution is 2.45. The largest absolute Gasteiger partial charge is 0.479 e. The molecular weight excluding hydrogens is 646 g/mol. The van der Waals surface area contributed by atoms with Gasteiger partial charge in [0.05, 0.1) is 22.5 Å². The van der Waals surface area contributed by atoms with Gasteiger partial charge in [0.2, 0.25) is 17.7 Å². The van der Waals surface area contributed by atoms with Crippen LogP contribution in [-0.4, -0.2) is 80.2 Å². The number of benzene rings is 1. The lowest BCUT2D eigenvalue weighted by molar-refractivity contribution is -0.145. The highest BCUT2D eigenvalue weighted by atomic mass is 32.1. The molecule has 2 aliphatic carbocycles. The van der Waals surface area contributed by atoms with Gasteiger partial charge in [-0.25, -0.2) is 19.6 Å². The standard InChI is InChI=1S/C36H41N5O7S/c42-31-28-19-24(47-32-30(29-17-10-18-49-29)37-25-14-8-9-15-26(25)38-32)21-41(28)33(43)27(39-35(46)48-23-12-6-7-13-23)16-5-3-1-2-4-11-22-20-36(22,40-31)34(44)45/h4,8-11,14-15,17-18,22-24,27-28H,1-3,5-7,12-13,16,19-21H2,(H,39,46)(H,40,42)(H,44,45)/b11-4-/t22?,24-,27+,28+,36+/m1/s1. The number of carbonyl (C=O) groups excluding carboxylic acids is 3. The monoisotopic (exact) mass is 687 g/mol. The number of ether oxygens (including phenoxy) is 2. The van der Waals surface area contributed by atoms with Crippen molar-refractivity contribution in [1.82, 2.24) is 25.5 Å². The van der Waals surface area contributed by atoms with Crippen molar-refractivity contribution in [2.24, 2.45) is 5.92 Å². The second-order valence-corrected chi connectivity index (χ2v) is 14.4. The first-order chi connectivity index (χ1) is 23.8. The predicted molar refractivity (Wildman–Crippen MR) is 182 cm³/mol. The smallest absolute Gasteiger partial charge is 0.408 e. The SMILES string of the molecule is O=C(N[C@H]1CCCCC/C=C\C2C[C@]2(C(=O)O)NC(=O)[C@@H]2C[C@@H](Oc3nc4ccccc4nc3-c3cccs3)CN2C1=O)OC1CCCC1. The molecule has 3 N–H and O–H groups in total. The number of hydrogen-bond donors (Lipinski definition) is 3. The van der Waals surface area contributed by atoms with Crippen molar-refractivity contribution in [2.45, 2.75) is 100 Å². The maximum atomic E-state index is 14.4. The summed E-state index contributed by atoms with van der Waals surface area (Å²) in [7, 11) is 0. The van der Waals surface area contributed by atoms with E-state index in [1.807, 2.05) is 53.9 Å². The fourth-order valence-electron chi connectivity index (χ4n) is 7.28. The lowest BCUT2D eigenvalue weighted by Crippen LogP contribution is -2.56. The minimum absolute atomic E-state index is 0.0363. The van der Waals surface area contributed by atoms with Gasteiger partial charge in [-0.15, -0.1) is 11.3 Å². The van der Waals surface area contributed by atoms with E-state index in [4.69, 9.17) is 19.4 Å². The zero-order valence-electron chi connectivity index (χ0n) is 27.2. The molecule has 1 saturated heterocycles. The Hall–Kier alpha value is -4.52. The van der Waals surface area contributed by atoms with E-state index in [9.17, 15) is 24.3 Å². The van der Waals surface area contributed by atoms with Crippen LogP contribution in [0.3, 0.4) is 0 Å². The number of aliphatic carboxylic acids is 1. The van der Waals surface area contributed by atoms with Gasteiger partial charge < -0.3 is 30.1 Å². The van der Waals surface area contributed by atoms with Crippen molar-refractivity contribution >= 4 is 46.2 Å². The maximum Gasteiger partial charge on any atom is 0.408 e. The number of fused-ring (bicyclic) bond motifs is 3. The summed E-state index contributed by atoms with van der Waals surface area (Å²) in [6.07, 6.45) is 9.83. The Balaban J connectivity index is 1.19. The lowest BCUT2D eigenvalue weighted by atomic mass is 10.0. The molecule has 12 nitrogen and oxygen atoms in total. The fraction of sp³-hybridized carbons (Fsp3) is 0.500. The van der Waals surface area contributed by atoms with Crippen molar-refractivity contribution in [3.8, 4) is 16.5 Å². The quantitative estimate of drug-likeness (QED) is 0.295. The number of thiophene rings is 1. The molecule has 49 heavy (non-hydrogen) atoms. The van der Waals surface area contributed by atoms with Crippen LogP contribution in [0, 0.1) is 5.92 Å². The average molecular weight is 688 g/mol. The molecular formula is C36H41N5O7S. The number of nitrogens with zero attached hydrogens (tertiary/aromatic N) is 3. The molecule has 258 valence electrons. The van der Waals surface area contributed by atoms with Crippen LogP contribution < -0.4 is 15.4 Å². The van der Waals surface area contributed by atoms with E-state index in [0.717, 1.165) is 49.8 Å². The molecule has 2 aliphatic heterocycles. The molecule has 3 amide bonds. The summed E-state index contributed by atoms with van der Waals surface area (Å²) >= 11 is 1.50. The summed E-state index contributed by atoms with van der Waals surface area (Å²) in [6.45, 7) is 0.0363. The third-order valence-electron chi connectivity index (χ3n) is 10.1. The van der Waals surface area contributed by atoms with E-state index in [-0.39, 0.29) is 37.3 Å². The number of carboxylic acids is 1. The molecule has 0 spiro atoms. The van der Waals surface area contributed by atoms with E-state index in [1.54, 1.807) is 0 Å². The number of carbonyl (C=O) groups is 4. The summed E-state index contributed by atoms with van der Waals surface area (Å²) < 4.78 is 12.2. The van der Waals surface area contributed by atoms with Crippen molar-refractivity contribution in [3.05, 3.63) is 53.9 Å². The van der Waals surface area contributed by atoms with Crippen LogP contribution in [0.4, 0.5) is 4.79 Å². The van der Waals surface area contributed by atoms with E-state index in [0.29, 0.717) is 29.6 Å². The van der Waals surface area contributed by atoms with Crippen LogP contribution in [0.15, 0.2) is 53.9 Å². The van der Waals surface area contributed by atoms with Crippen molar-refractivity contribution < 1.29 is 33.8 Å². The van der Waals surface area contributed by atoms with Gasteiger partial charge >= 0.3 is 12.1 Å². The molecule has 3 aromatic rings. The molecule has 13 heteroatoms. The Morgan fingerprint density at radius 3 is 2.51 bits per heavy atom. The van der Waals surface area contributed by atoms with Crippen LogP contribution in [0.2, 0.25) is 0 Å². The summed E-state index contributed by atoms with van der Waals surface area (Å²) in [6, 6.07) is 9.37. The molecule has 1 unspecified atom stereocenters. The maximum absolute atomic E-state index is 14.4. The Bertz CT molecular complexity index is 1740. The van der Waals surface area contributed by atoms with Gasteiger partial charge in [0.25, 0.3) is 0 Å². The summed E-state index contributed by atoms with van der Waals surface area (Å²) in [5.74, 6) is -2.15. The first-order valence-corrected chi connectivity index (χ1v) is 18.2. The van der Waals surface area contributed by atoms with Gasteiger partial charge in [-0.1, -0.05) is 43.2 Å². The normalized spacial score (nSPS) is 28.4. The van der Waals surface area contributed by atoms with E-state index in [2.05, 4.69) is 10.6 Å². The lowest BCUT2D eigenvalue weighted by Gasteiger charge is -2.29. The number of aromatic nitrogens is 2. The number of para-hydroxylation sites is 2. The Labute approximate surface area is 288 Å². The van der Waals surface area contributed by atoms with Crippen LogP contribution in [0.25, 0.3) is 21.6 Å². The van der Waals surface area contributed by atoms with Crippen LogP contribution >= 0.6 is 11.3 Å². The zero-order chi connectivity index (χ0) is 34.0. The van der Waals surface area contributed by atoms with Gasteiger partial charge in [-0.3, -0.25) is 9.59 Å². The number of nitrogens with one attached hydrogen (secondary N) is 2. The van der Waals surface area contributed by atoms with Crippen molar-refractivity contribution in [1.29, 1.82) is 0 Å². The molecule has 2 aromatic heterocycles. The van der Waals surface area contributed by atoms with Gasteiger partial charge in [0.15, 0.2) is 0 Å². The third-order valence-corrected chi connectivity index (χ3v) is 10.9. The van der Waals surface area contributed by atoms with Crippen LogP contribution in [0.1, 0.15) is 70.6 Å². The summed E-state index contributed by atoms with van der Waals surface area (Å²) in [5.41, 5.74) is 0.471. The summed E-state index contributed by atoms with van der Waals surface area (Å²) in [5, 5.41) is 17.7. The number of hydrogen-bond acceptors (Lipinski definition) is 9. The molecule has 2 saturated carbocycles. The van der Waals surface area contributed by atoms with Gasteiger partial charge in [0.1, 0.15) is 35.5 Å². The highest BCUT2D eigenvalue weighted by Gasteiger charge is 2.61. The molecule has 5 atom stereocenters. The number of amides is 3. The molecule has 4 heterocycles. The van der Waals surface area contributed by atoms with Gasteiger partial charge in [-0.05, 0) is 74.9 Å². The predicted octanol–water partition coefficient (Wildman–Crippen LogP) is 5.22. The average Bonchev–Trinajstić information content (AvgIpc) is 3.58. The first-order valence-electron chi connectivity index (χ1n) is 17.3.